The summed E-state index contributed by atoms with van der Waals surface area (Å²) < 4.78 is 21.9. The lowest BCUT2D eigenvalue weighted by atomic mass is 9.99. The summed E-state index contributed by atoms with van der Waals surface area (Å²) in [6, 6.07) is 0. The summed E-state index contributed by atoms with van der Waals surface area (Å²) in [4.78, 5) is 25.2. The van der Waals surface area contributed by atoms with E-state index in [1.165, 1.54) is 0 Å². The minimum atomic E-state index is -1.62. The first-order valence-corrected chi connectivity index (χ1v) is 20.0. The molecule has 1 fully saturated rings. The van der Waals surface area contributed by atoms with Gasteiger partial charge in [0.25, 0.3) is 0 Å². The van der Waals surface area contributed by atoms with Gasteiger partial charge in [0, 0.05) is 12.8 Å². The van der Waals surface area contributed by atoms with E-state index in [1.807, 2.05) is 18.2 Å². The highest BCUT2D eigenvalue weighted by Crippen LogP contribution is 2.22. The third-order valence-electron chi connectivity index (χ3n) is 8.17. The fraction of sp³-hybridized carbons (Fsp3) is 0.556. The quantitative estimate of drug-likeness (QED) is 0.0324. The number of aliphatic hydroxyl groups is 4. The number of hydrogen-bond acceptors (Lipinski definition) is 10. The molecule has 1 aliphatic heterocycles. The summed E-state index contributed by atoms with van der Waals surface area (Å²) in [6.45, 7) is 3.01. The highest BCUT2D eigenvalue weighted by Gasteiger charge is 2.44. The summed E-state index contributed by atoms with van der Waals surface area (Å²) >= 11 is 0. The zero-order valence-electron chi connectivity index (χ0n) is 33.1. The Morgan fingerprint density at radius 2 is 1.02 bits per heavy atom. The summed E-state index contributed by atoms with van der Waals surface area (Å²) in [5.41, 5.74) is 0. The Kier molecular flexibility index (Phi) is 31.3. The van der Waals surface area contributed by atoms with Crippen LogP contribution in [0.25, 0.3) is 0 Å². The predicted molar refractivity (Wildman–Crippen MR) is 219 cm³/mol. The van der Waals surface area contributed by atoms with E-state index in [1.54, 1.807) is 0 Å². The number of hydrogen-bond donors (Lipinski definition) is 4. The molecule has 10 heteroatoms. The smallest absolute Gasteiger partial charge is 0.306 e. The summed E-state index contributed by atoms with van der Waals surface area (Å²) in [5.74, 6) is -0.986. The Balaban J connectivity index is 2.48. The highest BCUT2D eigenvalue weighted by atomic mass is 16.7. The maximum absolute atomic E-state index is 12.7. The molecule has 0 spiro atoms. The van der Waals surface area contributed by atoms with Crippen molar-refractivity contribution >= 4 is 11.9 Å². The van der Waals surface area contributed by atoms with Crippen molar-refractivity contribution in [3.05, 3.63) is 109 Å². The van der Waals surface area contributed by atoms with Crippen LogP contribution in [0.4, 0.5) is 0 Å². The van der Waals surface area contributed by atoms with Gasteiger partial charge in [-0.05, 0) is 77.0 Å². The molecule has 1 rings (SSSR count). The normalized spacial score (nSPS) is 21.7. The van der Waals surface area contributed by atoms with Gasteiger partial charge in [0.05, 0.1) is 13.2 Å². The maximum atomic E-state index is 12.7. The number of allylic oxidation sites excluding steroid dienone is 18. The average molecular weight is 769 g/mol. The van der Waals surface area contributed by atoms with Crippen LogP contribution >= 0.6 is 0 Å². The van der Waals surface area contributed by atoms with E-state index in [9.17, 15) is 30.0 Å². The molecule has 0 aromatic rings. The predicted octanol–water partition coefficient (Wildman–Crippen LogP) is 7.76. The Labute approximate surface area is 330 Å². The van der Waals surface area contributed by atoms with Crippen LogP contribution in [-0.4, -0.2) is 89.0 Å². The van der Waals surface area contributed by atoms with Gasteiger partial charge in [-0.2, -0.15) is 0 Å². The average Bonchev–Trinajstić information content (AvgIpc) is 3.18. The molecule has 6 unspecified atom stereocenters. The molecular weight excluding hydrogens is 700 g/mol. The molecule has 308 valence electrons. The van der Waals surface area contributed by atoms with E-state index in [0.29, 0.717) is 19.3 Å². The number of carbonyl (C=O) groups is 2. The fourth-order valence-corrected chi connectivity index (χ4v) is 5.06. The zero-order valence-corrected chi connectivity index (χ0v) is 33.1. The molecule has 1 heterocycles. The number of esters is 2. The monoisotopic (exact) mass is 768 g/mol. The van der Waals surface area contributed by atoms with Crippen LogP contribution in [0.3, 0.4) is 0 Å². The van der Waals surface area contributed by atoms with Crippen molar-refractivity contribution in [3.63, 3.8) is 0 Å². The van der Waals surface area contributed by atoms with Gasteiger partial charge in [-0.15, -0.1) is 0 Å². The standard InChI is InChI=1S/C45H68O10/c1-3-5-7-9-11-13-15-17-18-19-20-22-23-25-27-29-31-33-40(47)52-36-38(37-53-45-44(51)43(50)42(49)39(35-46)55-45)54-41(48)34-32-30-28-26-24-21-16-14-12-10-8-6-4-2/h5-8,11-14,17-18,20-22,24-25,27-28,30,38-39,42-46,49-51H,3-4,9-10,15-16,19,23,26,29,31-37H2,1-2H3/b7-5-,8-6-,13-11-,14-12-,18-17-,22-20-,24-21-,27-25-,30-28-. The minimum Gasteiger partial charge on any atom is -0.462 e. The molecule has 1 saturated heterocycles. The summed E-state index contributed by atoms with van der Waals surface area (Å²) in [6.07, 6.45) is 39.8. The second-order valence-electron chi connectivity index (χ2n) is 13.0. The summed E-state index contributed by atoms with van der Waals surface area (Å²) in [7, 11) is 0. The minimum absolute atomic E-state index is 0.0893. The van der Waals surface area contributed by atoms with Gasteiger partial charge in [-0.3, -0.25) is 9.59 Å². The first-order chi connectivity index (χ1) is 26.8. The van der Waals surface area contributed by atoms with E-state index >= 15 is 0 Å². The molecule has 55 heavy (non-hydrogen) atoms. The van der Waals surface area contributed by atoms with E-state index in [-0.39, 0.29) is 26.1 Å². The second kappa shape index (κ2) is 34.8. The number of carbonyl (C=O) groups excluding carboxylic acids is 2. The second-order valence-corrected chi connectivity index (χ2v) is 13.0. The van der Waals surface area contributed by atoms with Gasteiger partial charge in [-0.25, -0.2) is 0 Å². The van der Waals surface area contributed by atoms with Gasteiger partial charge >= 0.3 is 11.9 Å². The van der Waals surface area contributed by atoms with Crippen molar-refractivity contribution < 1.29 is 49.0 Å². The SMILES string of the molecule is CC/C=C\C/C=C\C/C=C\C/C=C\C/C=C\CCCC(=O)OCC(COC1OC(CO)C(O)C(O)C1O)OC(=O)CC/C=C\C/C=C\C/C=C\C/C=C\CC. The molecule has 0 aromatic heterocycles. The fourth-order valence-electron chi connectivity index (χ4n) is 5.06. The molecule has 1 aliphatic rings. The van der Waals surface area contributed by atoms with Crippen LogP contribution in [0.15, 0.2) is 109 Å². The van der Waals surface area contributed by atoms with Crippen LogP contribution < -0.4 is 0 Å². The molecule has 0 aromatic carbocycles. The molecule has 4 N–H and O–H groups in total. The van der Waals surface area contributed by atoms with Crippen molar-refractivity contribution in [2.24, 2.45) is 0 Å². The highest BCUT2D eigenvalue weighted by molar-refractivity contribution is 5.70. The van der Waals surface area contributed by atoms with Crippen LogP contribution in [0, 0.1) is 0 Å². The third kappa shape index (κ3) is 26.7. The van der Waals surface area contributed by atoms with Crippen molar-refractivity contribution in [2.75, 3.05) is 19.8 Å². The first kappa shape index (κ1) is 49.4. The topological polar surface area (TPSA) is 152 Å². The lowest BCUT2D eigenvalue weighted by molar-refractivity contribution is -0.305. The molecule has 0 saturated carbocycles. The first-order valence-electron chi connectivity index (χ1n) is 20.0. The number of rotatable bonds is 30. The zero-order chi connectivity index (χ0) is 40.2. The van der Waals surface area contributed by atoms with Gasteiger partial charge < -0.3 is 39.4 Å². The molecule has 0 amide bonds. The van der Waals surface area contributed by atoms with Crippen LogP contribution in [0.5, 0.6) is 0 Å². The molecule has 10 nitrogen and oxygen atoms in total. The van der Waals surface area contributed by atoms with Crippen LogP contribution in [0.2, 0.25) is 0 Å². The van der Waals surface area contributed by atoms with Gasteiger partial charge in [0.15, 0.2) is 12.4 Å². The molecule has 0 radical (unpaired) electrons. The Morgan fingerprint density at radius 1 is 0.564 bits per heavy atom. The lowest BCUT2D eigenvalue weighted by Crippen LogP contribution is -2.59. The van der Waals surface area contributed by atoms with Gasteiger partial charge in [-0.1, -0.05) is 123 Å². The third-order valence-corrected chi connectivity index (χ3v) is 8.17. The van der Waals surface area contributed by atoms with Crippen molar-refractivity contribution in [3.8, 4) is 0 Å². The van der Waals surface area contributed by atoms with Crippen molar-refractivity contribution in [2.45, 2.75) is 141 Å². The van der Waals surface area contributed by atoms with Crippen LogP contribution in [0.1, 0.15) is 104 Å². The number of unbranched alkanes of at least 4 members (excludes halogenated alkanes) is 1. The number of aliphatic hydroxyl groups excluding tert-OH is 4. The number of ether oxygens (including phenoxy) is 4. The molecular formula is C45H68O10. The van der Waals surface area contributed by atoms with E-state index in [4.69, 9.17) is 18.9 Å². The van der Waals surface area contributed by atoms with Crippen molar-refractivity contribution in [1.29, 1.82) is 0 Å². The largest absolute Gasteiger partial charge is 0.462 e. The maximum Gasteiger partial charge on any atom is 0.306 e. The Hall–Kier alpha value is -3.64. The van der Waals surface area contributed by atoms with Gasteiger partial charge in [0.1, 0.15) is 31.0 Å². The Bertz CT molecular complexity index is 1260. The van der Waals surface area contributed by atoms with E-state index < -0.39 is 55.4 Å². The van der Waals surface area contributed by atoms with Gasteiger partial charge in [0.2, 0.25) is 0 Å². The lowest BCUT2D eigenvalue weighted by Gasteiger charge is -2.39. The van der Waals surface area contributed by atoms with Crippen molar-refractivity contribution in [1.82, 2.24) is 0 Å². The summed E-state index contributed by atoms with van der Waals surface area (Å²) in [5, 5.41) is 39.9. The van der Waals surface area contributed by atoms with Crippen LogP contribution in [-0.2, 0) is 28.5 Å². The molecule has 0 bridgehead atoms. The molecule has 0 aliphatic carbocycles. The van der Waals surface area contributed by atoms with E-state index in [2.05, 4.69) is 105 Å². The molecule has 6 atom stereocenters. The Morgan fingerprint density at radius 3 is 1.49 bits per heavy atom. The van der Waals surface area contributed by atoms with E-state index in [0.717, 1.165) is 57.8 Å².